The molecular weight excluding hydrogens is 405 g/mol. The van der Waals surface area contributed by atoms with Crippen LogP contribution in [0.5, 0.6) is 0 Å². The number of nitrogens with one attached hydrogen (secondary N) is 1. The number of nitrogens with zero attached hydrogens (tertiary/aromatic N) is 2. The Morgan fingerprint density at radius 1 is 1.22 bits per heavy atom. The third-order valence-corrected chi connectivity index (χ3v) is 3.37. The second-order valence-corrected chi connectivity index (χ2v) is 5.99. The van der Waals surface area contributed by atoms with Crippen LogP contribution < -0.4 is 11.3 Å². The Hall–Kier alpha value is -1.76. The monoisotopic (exact) mass is 414 g/mol. The second kappa shape index (κ2) is 7.68. The van der Waals surface area contributed by atoms with Gasteiger partial charge in [0.1, 0.15) is 4.60 Å². The van der Waals surface area contributed by atoms with Gasteiger partial charge in [-0.05, 0) is 15.9 Å². The molecule has 23 heavy (non-hydrogen) atoms. The largest absolute Gasteiger partial charge is 0.522 e. The molecule has 1 aromatic heterocycles. The lowest BCUT2D eigenvalue weighted by Crippen LogP contribution is -2.21. The maximum atomic E-state index is 10.7. The van der Waals surface area contributed by atoms with Gasteiger partial charge < -0.3 is 5.43 Å². The zero-order chi connectivity index (χ0) is 17.7. The number of hydrogen-bond donors (Lipinski definition) is 3. The fourth-order valence-electron chi connectivity index (χ4n) is 1.21. The highest BCUT2D eigenvalue weighted by Gasteiger charge is 2.44. The van der Waals surface area contributed by atoms with E-state index >= 15 is 0 Å². The molecule has 0 aliphatic rings. The molecule has 0 saturated heterocycles. The normalized spacial score (nSPS) is 11.4. The molecule has 2 aromatic rings. The van der Waals surface area contributed by atoms with E-state index in [4.69, 9.17) is 18.8 Å². The van der Waals surface area contributed by atoms with Crippen LogP contribution in [0.15, 0.2) is 41.1 Å². The van der Waals surface area contributed by atoms with Crippen LogP contribution in [0.3, 0.4) is 0 Å². The third-order valence-electron chi connectivity index (χ3n) is 2.23. The molecule has 0 aliphatic carbocycles. The van der Waals surface area contributed by atoms with Crippen molar-refractivity contribution in [1.29, 1.82) is 0 Å². The molecule has 126 valence electrons. The van der Waals surface area contributed by atoms with Gasteiger partial charge in [0.2, 0.25) is 0 Å². The molecule has 0 bridgehead atoms. The van der Waals surface area contributed by atoms with Gasteiger partial charge in [-0.1, -0.05) is 30.3 Å². The average Bonchev–Trinajstić information content (AvgIpc) is 2.46. The summed E-state index contributed by atoms with van der Waals surface area (Å²) >= 11 is 3.29. The third kappa shape index (κ3) is 5.74. The summed E-state index contributed by atoms with van der Waals surface area (Å²) in [5.74, 6) is 5.78. The van der Waals surface area contributed by atoms with Crippen LogP contribution in [0.4, 0.5) is 19.0 Å². The van der Waals surface area contributed by atoms with E-state index in [0.29, 0.717) is 10.4 Å². The lowest BCUT2D eigenvalue weighted by molar-refractivity contribution is -0.0510. The van der Waals surface area contributed by atoms with Gasteiger partial charge in [-0.25, -0.2) is 15.8 Å². The smallest absolute Gasteiger partial charge is 0.306 e. The van der Waals surface area contributed by atoms with Gasteiger partial charge in [-0.15, -0.1) is 0 Å². The highest BCUT2D eigenvalue weighted by Crippen LogP contribution is 2.22. The van der Waals surface area contributed by atoms with Crippen molar-refractivity contribution in [2.24, 2.45) is 5.84 Å². The van der Waals surface area contributed by atoms with Crippen LogP contribution in [0.25, 0.3) is 11.3 Å². The highest BCUT2D eigenvalue weighted by atomic mass is 79.9. The number of alkyl halides is 3. The fourth-order valence-corrected chi connectivity index (χ4v) is 1.62. The summed E-state index contributed by atoms with van der Waals surface area (Å²) in [6.45, 7) is 0. The Morgan fingerprint density at radius 3 is 2.13 bits per heavy atom. The molecule has 0 amide bonds. The minimum atomic E-state index is -5.84. The lowest BCUT2D eigenvalue weighted by atomic mass is 10.2. The summed E-state index contributed by atoms with van der Waals surface area (Å²) in [5.41, 5.74) is -1.25. The number of hydrogen-bond acceptors (Lipinski definition) is 6. The minimum Gasteiger partial charge on any atom is -0.306 e. The summed E-state index contributed by atoms with van der Waals surface area (Å²) in [7, 11) is -5.84. The number of hydrazine groups is 1. The Kier molecular flexibility index (Phi) is 6.44. The van der Waals surface area contributed by atoms with Gasteiger partial charge in [0.25, 0.3) is 0 Å². The van der Waals surface area contributed by atoms with Gasteiger partial charge in [-0.2, -0.15) is 21.6 Å². The van der Waals surface area contributed by atoms with E-state index < -0.39 is 15.6 Å². The molecule has 0 aliphatic heterocycles. The van der Waals surface area contributed by atoms with E-state index in [2.05, 4.69) is 31.3 Å². The Balaban J connectivity index is 0.000000284. The Labute approximate surface area is 137 Å². The molecule has 0 spiro atoms. The van der Waals surface area contributed by atoms with Crippen LogP contribution in [0.1, 0.15) is 0 Å². The predicted molar refractivity (Wildman–Crippen MR) is 80.6 cm³/mol. The number of nitrogens with two attached hydrogens (primary N) is 1. The van der Waals surface area contributed by atoms with Crippen LogP contribution in [0, 0.1) is 0 Å². The van der Waals surface area contributed by atoms with Crippen LogP contribution in [-0.2, 0) is 10.1 Å². The van der Waals surface area contributed by atoms with Crippen molar-refractivity contribution in [3.8, 4) is 11.3 Å². The predicted octanol–water partition coefficient (Wildman–Crippen LogP) is 2.59. The van der Waals surface area contributed by atoms with Crippen molar-refractivity contribution in [1.82, 2.24) is 9.97 Å². The van der Waals surface area contributed by atoms with Crippen molar-refractivity contribution >= 4 is 31.9 Å². The quantitative estimate of drug-likeness (QED) is 0.299. The first-order valence-electron chi connectivity index (χ1n) is 5.64. The average molecular weight is 415 g/mol. The summed E-state index contributed by atoms with van der Waals surface area (Å²) < 4.78 is 58.1. The second-order valence-electron chi connectivity index (χ2n) is 3.83. The zero-order valence-electron chi connectivity index (χ0n) is 11.1. The number of aromatic nitrogens is 2. The molecule has 0 radical (unpaired) electrons. The molecule has 4 N–H and O–H groups in total. The van der Waals surface area contributed by atoms with Gasteiger partial charge in [-0.3, -0.25) is 4.55 Å². The van der Waals surface area contributed by atoms with Crippen LogP contribution >= 0.6 is 15.9 Å². The standard InChI is InChI=1S/C10H9BrN4.CHF3O3S/c11-9-10(15-12)13-6-8(14-9)7-4-2-1-3-5-7;2-1(3,4)8(5,6)7/h1-6H,12H2,(H,13,15);(H,5,6,7). The molecular formula is C11H10BrF3N4O3S. The minimum absolute atomic E-state index is 0.523. The van der Waals surface area contributed by atoms with Gasteiger partial charge in [0, 0.05) is 5.56 Å². The van der Waals surface area contributed by atoms with Crippen molar-refractivity contribution in [2.45, 2.75) is 5.51 Å². The number of nitrogen functional groups attached to an aromatic ring is 1. The SMILES string of the molecule is NNc1ncc(-c2ccccc2)nc1Br.O=S(=O)(O)C(F)(F)F. The first kappa shape index (κ1) is 19.3. The summed E-state index contributed by atoms with van der Waals surface area (Å²) in [4.78, 5) is 8.45. The number of rotatable bonds is 2. The number of anilines is 1. The molecule has 1 aromatic carbocycles. The van der Waals surface area contributed by atoms with E-state index in [1.165, 1.54) is 0 Å². The van der Waals surface area contributed by atoms with Gasteiger partial charge in [0.05, 0.1) is 11.9 Å². The maximum absolute atomic E-state index is 10.7. The summed E-state index contributed by atoms with van der Waals surface area (Å²) in [6.07, 6.45) is 1.68. The van der Waals surface area contributed by atoms with E-state index in [0.717, 1.165) is 11.3 Å². The lowest BCUT2D eigenvalue weighted by Gasteiger charge is -2.04. The fraction of sp³-hybridized carbons (Fsp3) is 0.0909. The maximum Gasteiger partial charge on any atom is 0.522 e. The van der Waals surface area contributed by atoms with Crippen LogP contribution in [0.2, 0.25) is 0 Å². The first-order chi connectivity index (χ1) is 10.6. The van der Waals surface area contributed by atoms with E-state index in [1.807, 2.05) is 30.3 Å². The van der Waals surface area contributed by atoms with Gasteiger partial charge in [0.15, 0.2) is 5.82 Å². The topological polar surface area (TPSA) is 118 Å². The number of halogens is 4. The van der Waals surface area contributed by atoms with Crippen molar-refractivity contribution < 1.29 is 26.1 Å². The molecule has 2 rings (SSSR count). The zero-order valence-corrected chi connectivity index (χ0v) is 13.5. The summed E-state index contributed by atoms with van der Waals surface area (Å²) in [5, 5.41) is 0. The van der Waals surface area contributed by atoms with E-state index in [1.54, 1.807) is 6.20 Å². The molecule has 0 atom stereocenters. The van der Waals surface area contributed by atoms with Gasteiger partial charge >= 0.3 is 15.6 Å². The number of benzene rings is 1. The van der Waals surface area contributed by atoms with Crippen LogP contribution in [-0.4, -0.2) is 28.4 Å². The molecule has 12 heteroatoms. The summed E-state index contributed by atoms with van der Waals surface area (Å²) in [6, 6.07) is 9.83. The van der Waals surface area contributed by atoms with Crippen molar-refractivity contribution in [2.75, 3.05) is 5.43 Å². The van der Waals surface area contributed by atoms with E-state index in [9.17, 15) is 13.2 Å². The van der Waals surface area contributed by atoms with Crippen molar-refractivity contribution in [3.63, 3.8) is 0 Å². The van der Waals surface area contributed by atoms with Crippen molar-refractivity contribution in [3.05, 3.63) is 41.1 Å². The molecule has 1 heterocycles. The highest BCUT2D eigenvalue weighted by molar-refractivity contribution is 9.10. The molecule has 0 unspecified atom stereocenters. The molecule has 0 saturated carbocycles. The molecule has 0 fully saturated rings. The Bertz CT molecular complexity index is 757. The van der Waals surface area contributed by atoms with E-state index in [-0.39, 0.29) is 0 Å². The molecule has 7 nitrogen and oxygen atoms in total. The Morgan fingerprint density at radius 2 is 1.74 bits per heavy atom. The first-order valence-corrected chi connectivity index (χ1v) is 7.88.